The lowest BCUT2D eigenvalue weighted by Crippen LogP contribution is -1.95. The molecule has 84 valence electrons. The Morgan fingerprint density at radius 1 is 1.50 bits per heavy atom. The molecule has 0 heterocycles. The van der Waals surface area contributed by atoms with Gasteiger partial charge in [0.2, 0.25) is 0 Å². The fourth-order valence-corrected chi connectivity index (χ4v) is 1.14. The molecule has 0 aliphatic carbocycles. The van der Waals surface area contributed by atoms with Crippen LogP contribution in [0.2, 0.25) is 0 Å². The summed E-state index contributed by atoms with van der Waals surface area (Å²) in [5, 5.41) is 8.42. The topological polar surface area (TPSA) is 63.6 Å². The van der Waals surface area contributed by atoms with Crippen LogP contribution in [0.5, 0.6) is 5.75 Å². The molecular weight excluding hydrogens is 215 g/mol. The lowest BCUT2D eigenvalue weighted by Gasteiger charge is -2.05. The van der Waals surface area contributed by atoms with Crippen molar-refractivity contribution < 1.29 is 23.8 Å². The Bertz CT molecular complexity index is 452. The number of benzene rings is 1. The van der Waals surface area contributed by atoms with Crippen LogP contribution in [0.25, 0.3) is 6.08 Å². The predicted molar refractivity (Wildman–Crippen MR) is 55.0 cm³/mol. The fraction of sp³-hybridized carbons (Fsp3) is 0.0909. The average Bonchev–Trinajstić information content (AvgIpc) is 2.27. The van der Waals surface area contributed by atoms with E-state index in [4.69, 9.17) is 9.84 Å². The number of aldehydes is 1. The van der Waals surface area contributed by atoms with Crippen LogP contribution in [0.3, 0.4) is 0 Å². The number of carboxylic acid groups (broad SMARTS) is 1. The van der Waals surface area contributed by atoms with Crippen molar-refractivity contribution in [1.82, 2.24) is 0 Å². The van der Waals surface area contributed by atoms with Gasteiger partial charge in [-0.25, -0.2) is 9.18 Å². The maximum Gasteiger partial charge on any atom is 0.328 e. The Kier molecular flexibility index (Phi) is 3.77. The average molecular weight is 224 g/mol. The molecule has 0 atom stereocenters. The molecule has 0 aromatic heterocycles. The van der Waals surface area contributed by atoms with Gasteiger partial charge in [0.25, 0.3) is 0 Å². The first-order chi connectivity index (χ1) is 7.58. The van der Waals surface area contributed by atoms with Gasteiger partial charge >= 0.3 is 5.97 Å². The van der Waals surface area contributed by atoms with Crippen LogP contribution in [-0.2, 0) is 4.79 Å². The summed E-state index contributed by atoms with van der Waals surface area (Å²) in [6, 6.07) is 2.55. The van der Waals surface area contributed by atoms with E-state index in [0.717, 1.165) is 6.08 Å². The molecule has 0 unspecified atom stereocenters. The van der Waals surface area contributed by atoms with Gasteiger partial charge in [0, 0.05) is 6.08 Å². The van der Waals surface area contributed by atoms with Gasteiger partial charge in [-0.3, -0.25) is 4.79 Å². The number of aliphatic carboxylic acids is 1. The highest BCUT2D eigenvalue weighted by atomic mass is 19.1. The van der Waals surface area contributed by atoms with E-state index >= 15 is 0 Å². The number of carboxylic acids is 1. The van der Waals surface area contributed by atoms with Gasteiger partial charge in [-0.2, -0.15) is 0 Å². The van der Waals surface area contributed by atoms with Crippen LogP contribution in [0.4, 0.5) is 4.39 Å². The van der Waals surface area contributed by atoms with E-state index in [-0.39, 0.29) is 11.3 Å². The van der Waals surface area contributed by atoms with Crippen molar-refractivity contribution >= 4 is 18.3 Å². The molecule has 0 saturated carbocycles. The molecule has 0 amide bonds. The molecule has 0 radical (unpaired) electrons. The Labute approximate surface area is 91.0 Å². The minimum atomic E-state index is -1.13. The van der Waals surface area contributed by atoms with Crippen LogP contribution in [0.15, 0.2) is 18.2 Å². The van der Waals surface area contributed by atoms with Gasteiger partial charge in [0.05, 0.1) is 12.7 Å². The third kappa shape index (κ3) is 2.66. The zero-order valence-corrected chi connectivity index (χ0v) is 8.44. The molecule has 4 nitrogen and oxygen atoms in total. The monoisotopic (exact) mass is 224 g/mol. The number of ether oxygens (including phenoxy) is 1. The van der Waals surface area contributed by atoms with Crippen LogP contribution in [0.1, 0.15) is 15.9 Å². The zero-order chi connectivity index (χ0) is 12.1. The van der Waals surface area contributed by atoms with Gasteiger partial charge in [-0.1, -0.05) is 0 Å². The smallest absolute Gasteiger partial charge is 0.328 e. The molecule has 0 spiro atoms. The first kappa shape index (κ1) is 11.9. The molecule has 16 heavy (non-hydrogen) atoms. The molecule has 1 rings (SSSR count). The second kappa shape index (κ2) is 5.06. The number of rotatable bonds is 4. The summed E-state index contributed by atoms with van der Waals surface area (Å²) in [5.74, 6) is -1.99. The van der Waals surface area contributed by atoms with Gasteiger partial charge < -0.3 is 9.84 Å². The highest BCUT2D eigenvalue weighted by Crippen LogP contribution is 2.22. The van der Waals surface area contributed by atoms with Crippen molar-refractivity contribution in [2.75, 3.05) is 7.11 Å². The maximum absolute atomic E-state index is 13.4. The van der Waals surface area contributed by atoms with Gasteiger partial charge in [0.15, 0.2) is 17.9 Å². The molecule has 0 fully saturated rings. The molecule has 0 saturated heterocycles. The van der Waals surface area contributed by atoms with Crippen LogP contribution < -0.4 is 4.74 Å². The lowest BCUT2D eigenvalue weighted by molar-refractivity contribution is -0.131. The maximum atomic E-state index is 13.4. The van der Waals surface area contributed by atoms with Crippen LogP contribution in [0, 0.1) is 5.82 Å². The molecule has 5 heteroatoms. The minimum absolute atomic E-state index is 0.102. The molecule has 0 bridgehead atoms. The van der Waals surface area contributed by atoms with E-state index in [0.29, 0.717) is 11.8 Å². The SMILES string of the molecule is COc1cc(/C=C/C(=O)O)cc(C=O)c1F. The summed E-state index contributed by atoms with van der Waals surface area (Å²) in [5.41, 5.74) is 0.201. The van der Waals surface area contributed by atoms with Crippen molar-refractivity contribution in [2.24, 2.45) is 0 Å². The Balaban J connectivity index is 3.21. The van der Waals surface area contributed by atoms with E-state index in [1.54, 1.807) is 0 Å². The fourth-order valence-electron chi connectivity index (χ4n) is 1.14. The first-order valence-electron chi connectivity index (χ1n) is 4.32. The molecule has 0 aliphatic rings. The molecule has 1 aromatic carbocycles. The second-order valence-electron chi connectivity index (χ2n) is 2.92. The second-order valence-corrected chi connectivity index (χ2v) is 2.92. The number of hydrogen-bond acceptors (Lipinski definition) is 3. The van der Waals surface area contributed by atoms with Gasteiger partial charge in [-0.15, -0.1) is 0 Å². The quantitative estimate of drug-likeness (QED) is 0.625. The number of carbonyl (C=O) groups is 2. The normalized spacial score (nSPS) is 10.4. The van der Waals surface area contributed by atoms with Crippen LogP contribution >= 0.6 is 0 Å². The molecule has 1 N–H and O–H groups in total. The summed E-state index contributed by atoms with van der Waals surface area (Å²) in [6.45, 7) is 0. The molecule has 0 aliphatic heterocycles. The number of methoxy groups -OCH3 is 1. The van der Waals surface area contributed by atoms with E-state index < -0.39 is 11.8 Å². The van der Waals surface area contributed by atoms with Crippen molar-refractivity contribution in [3.8, 4) is 5.75 Å². The highest BCUT2D eigenvalue weighted by Gasteiger charge is 2.09. The molecule has 1 aromatic rings. The van der Waals surface area contributed by atoms with E-state index in [1.165, 1.54) is 25.3 Å². The summed E-state index contributed by atoms with van der Waals surface area (Å²) < 4.78 is 18.1. The van der Waals surface area contributed by atoms with E-state index in [9.17, 15) is 14.0 Å². The summed E-state index contributed by atoms with van der Waals surface area (Å²) in [4.78, 5) is 20.8. The molecular formula is C11H9FO4. The van der Waals surface area contributed by atoms with E-state index in [1.807, 2.05) is 0 Å². The Morgan fingerprint density at radius 2 is 2.19 bits per heavy atom. The lowest BCUT2D eigenvalue weighted by atomic mass is 10.1. The van der Waals surface area contributed by atoms with Crippen molar-refractivity contribution in [2.45, 2.75) is 0 Å². The number of halogens is 1. The van der Waals surface area contributed by atoms with E-state index in [2.05, 4.69) is 0 Å². The first-order valence-corrected chi connectivity index (χ1v) is 4.32. The predicted octanol–water partition coefficient (Wildman–Crippen LogP) is 1.74. The van der Waals surface area contributed by atoms with Gasteiger partial charge in [-0.05, 0) is 23.8 Å². The van der Waals surface area contributed by atoms with Crippen molar-refractivity contribution in [3.05, 3.63) is 35.2 Å². The van der Waals surface area contributed by atoms with Crippen molar-refractivity contribution in [1.29, 1.82) is 0 Å². The number of carbonyl (C=O) groups excluding carboxylic acids is 1. The third-order valence-corrected chi connectivity index (χ3v) is 1.85. The Hall–Kier alpha value is -2.17. The summed E-state index contributed by atoms with van der Waals surface area (Å²) in [7, 11) is 1.26. The standard InChI is InChI=1S/C11H9FO4/c1-16-9-5-7(2-3-10(14)15)4-8(6-13)11(9)12/h2-6H,1H3,(H,14,15)/b3-2+. The largest absolute Gasteiger partial charge is 0.494 e. The van der Waals surface area contributed by atoms with Crippen LogP contribution in [-0.4, -0.2) is 24.5 Å². The Morgan fingerprint density at radius 3 is 2.69 bits per heavy atom. The highest BCUT2D eigenvalue weighted by molar-refractivity contribution is 5.86. The summed E-state index contributed by atoms with van der Waals surface area (Å²) in [6.07, 6.45) is 2.48. The minimum Gasteiger partial charge on any atom is -0.494 e. The number of hydrogen-bond donors (Lipinski definition) is 1. The third-order valence-electron chi connectivity index (χ3n) is 1.85. The van der Waals surface area contributed by atoms with Gasteiger partial charge in [0.1, 0.15) is 0 Å². The zero-order valence-electron chi connectivity index (χ0n) is 8.44. The van der Waals surface area contributed by atoms with Crippen molar-refractivity contribution in [3.63, 3.8) is 0 Å². The summed E-state index contributed by atoms with van der Waals surface area (Å²) >= 11 is 0.